The normalized spacial score (nSPS) is 12.3. The summed E-state index contributed by atoms with van der Waals surface area (Å²) in [6.07, 6.45) is 4.26. The maximum atomic E-state index is 11.1. The number of rotatable bonds is 8. The van der Waals surface area contributed by atoms with E-state index in [1.807, 2.05) is 6.92 Å². The van der Waals surface area contributed by atoms with E-state index in [0.29, 0.717) is 18.1 Å². The van der Waals surface area contributed by atoms with E-state index in [9.17, 15) is 14.9 Å². The van der Waals surface area contributed by atoms with E-state index in [2.05, 4.69) is 6.92 Å². The van der Waals surface area contributed by atoms with E-state index in [-0.39, 0.29) is 11.4 Å². The Bertz CT molecular complexity index is 539. The average Bonchev–Trinajstić information content (AvgIpc) is 2.43. The lowest BCUT2D eigenvalue weighted by Gasteiger charge is -2.12. The van der Waals surface area contributed by atoms with Crippen molar-refractivity contribution in [2.75, 3.05) is 6.61 Å². The highest BCUT2D eigenvalue weighted by atomic mass is 16.6. The molecule has 0 radical (unpaired) electrons. The molecule has 0 aliphatic carbocycles. The van der Waals surface area contributed by atoms with Crippen LogP contribution in [-0.2, 0) is 4.79 Å². The SMILES string of the molecule is CCCC(C)COc1ccc(C=CC(=O)O)cc1[N+](=O)[O-]. The minimum absolute atomic E-state index is 0.161. The van der Waals surface area contributed by atoms with Gasteiger partial charge in [-0.15, -0.1) is 0 Å². The summed E-state index contributed by atoms with van der Waals surface area (Å²) in [7, 11) is 0. The van der Waals surface area contributed by atoms with Gasteiger partial charge in [-0.2, -0.15) is 0 Å². The van der Waals surface area contributed by atoms with Crippen molar-refractivity contribution < 1.29 is 19.6 Å². The number of nitro groups is 1. The molecule has 114 valence electrons. The summed E-state index contributed by atoms with van der Waals surface area (Å²) in [5.74, 6) is -0.581. The first-order valence-electron chi connectivity index (χ1n) is 6.76. The molecule has 0 aliphatic rings. The third-order valence-corrected chi connectivity index (χ3v) is 2.90. The van der Waals surface area contributed by atoms with Crippen molar-refractivity contribution in [3.05, 3.63) is 40.0 Å². The van der Waals surface area contributed by atoms with E-state index in [1.165, 1.54) is 18.2 Å². The lowest BCUT2D eigenvalue weighted by Crippen LogP contribution is -2.09. The zero-order chi connectivity index (χ0) is 15.8. The highest BCUT2D eigenvalue weighted by Gasteiger charge is 2.16. The zero-order valence-electron chi connectivity index (χ0n) is 12.1. The summed E-state index contributed by atoms with van der Waals surface area (Å²) < 4.78 is 5.51. The molecule has 0 saturated heterocycles. The first-order chi connectivity index (χ1) is 9.93. The van der Waals surface area contributed by atoms with Crippen molar-refractivity contribution in [2.24, 2.45) is 5.92 Å². The van der Waals surface area contributed by atoms with Crippen LogP contribution < -0.4 is 4.74 Å². The summed E-state index contributed by atoms with van der Waals surface area (Å²) in [5, 5.41) is 19.6. The Morgan fingerprint density at radius 1 is 1.52 bits per heavy atom. The van der Waals surface area contributed by atoms with E-state index in [1.54, 1.807) is 6.07 Å². The Labute approximate surface area is 123 Å². The molecule has 0 heterocycles. The molecule has 6 nitrogen and oxygen atoms in total. The molecule has 1 aromatic carbocycles. The summed E-state index contributed by atoms with van der Waals surface area (Å²) >= 11 is 0. The molecular weight excluding hydrogens is 274 g/mol. The second-order valence-corrected chi connectivity index (χ2v) is 4.86. The smallest absolute Gasteiger partial charge is 0.328 e. The van der Waals surface area contributed by atoms with Crippen LogP contribution in [-0.4, -0.2) is 22.6 Å². The van der Waals surface area contributed by atoms with E-state index < -0.39 is 10.9 Å². The summed E-state index contributed by atoms with van der Waals surface area (Å²) in [6, 6.07) is 4.39. The molecule has 0 aromatic heterocycles. The average molecular weight is 293 g/mol. The fourth-order valence-corrected chi connectivity index (χ4v) is 1.88. The van der Waals surface area contributed by atoms with Crippen molar-refractivity contribution in [3.8, 4) is 5.75 Å². The van der Waals surface area contributed by atoms with E-state index in [4.69, 9.17) is 9.84 Å². The number of hydrogen-bond donors (Lipinski definition) is 1. The number of hydrogen-bond acceptors (Lipinski definition) is 4. The first-order valence-corrected chi connectivity index (χ1v) is 6.76. The molecular formula is C15H19NO5. The topological polar surface area (TPSA) is 89.7 Å². The monoisotopic (exact) mass is 293 g/mol. The third kappa shape index (κ3) is 5.64. The van der Waals surface area contributed by atoms with Gasteiger partial charge < -0.3 is 9.84 Å². The van der Waals surface area contributed by atoms with Gasteiger partial charge in [0.05, 0.1) is 11.5 Å². The fraction of sp³-hybridized carbons (Fsp3) is 0.400. The number of carboxylic acid groups (broad SMARTS) is 1. The summed E-state index contributed by atoms with van der Waals surface area (Å²) in [5.41, 5.74) is 0.282. The van der Waals surface area contributed by atoms with Gasteiger partial charge in [0.25, 0.3) is 0 Å². The van der Waals surface area contributed by atoms with Gasteiger partial charge in [-0.25, -0.2) is 4.79 Å². The van der Waals surface area contributed by atoms with Crippen LogP contribution in [0.1, 0.15) is 32.3 Å². The Kier molecular flexibility index (Phi) is 6.39. The number of benzene rings is 1. The molecule has 6 heteroatoms. The second kappa shape index (κ2) is 8.04. The Morgan fingerprint density at radius 2 is 2.24 bits per heavy atom. The highest BCUT2D eigenvalue weighted by molar-refractivity contribution is 5.85. The molecule has 1 atom stereocenters. The maximum absolute atomic E-state index is 11.1. The van der Waals surface area contributed by atoms with Crippen molar-refractivity contribution in [2.45, 2.75) is 26.7 Å². The number of nitro benzene ring substituents is 1. The molecule has 0 amide bonds. The molecule has 1 aromatic rings. The lowest BCUT2D eigenvalue weighted by atomic mass is 10.1. The van der Waals surface area contributed by atoms with Gasteiger partial charge in [-0.1, -0.05) is 26.3 Å². The molecule has 1 unspecified atom stereocenters. The number of nitrogens with zero attached hydrogens (tertiary/aromatic N) is 1. The third-order valence-electron chi connectivity index (χ3n) is 2.90. The minimum Gasteiger partial charge on any atom is -0.487 e. The highest BCUT2D eigenvalue weighted by Crippen LogP contribution is 2.29. The van der Waals surface area contributed by atoms with Gasteiger partial charge in [0.1, 0.15) is 0 Å². The van der Waals surface area contributed by atoms with Gasteiger partial charge in [0.15, 0.2) is 5.75 Å². The molecule has 1 rings (SSSR count). The largest absolute Gasteiger partial charge is 0.487 e. The van der Waals surface area contributed by atoms with Crippen LogP contribution in [0.15, 0.2) is 24.3 Å². The number of carbonyl (C=O) groups is 1. The van der Waals surface area contributed by atoms with Gasteiger partial charge in [-0.3, -0.25) is 10.1 Å². The first kappa shape index (κ1) is 16.7. The van der Waals surface area contributed by atoms with Crippen molar-refractivity contribution in [1.29, 1.82) is 0 Å². The molecule has 0 fully saturated rings. The molecule has 0 bridgehead atoms. The van der Waals surface area contributed by atoms with Crippen LogP contribution in [0.25, 0.3) is 6.08 Å². The minimum atomic E-state index is -1.11. The second-order valence-electron chi connectivity index (χ2n) is 4.86. The number of ether oxygens (including phenoxy) is 1. The van der Waals surface area contributed by atoms with Crippen LogP contribution in [0.2, 0.25) is 0 Å². The van der Waals surface area contributed by atoms with Crippen LogP contribution in [0, 0.1) is 16.0 Å². The van der Waals surface area contributed by atoms with Crippen molar-refractivity contribution in [3.63, 3.8) is 0 Å². The van der Waals surface area contributed by atoms with Gasteiger partial charge in [-0.05, 0) is 30.0 Å². The number of aliphatic carboxylic acids is 1. The molecule has 1 N–H and O–H groups in total. The summed E-state index contributed by atoms with van der Waals surface area (Å²) in [4.78, 5) is 21.0. The van der Waals surface area contributed by atoms with E-state index in [0.717, 1.165) is 18.9 Å². The van der Waals surface area contributed by atoms with Crippen LogP contribution in [0.5, 0.6) is 5.75 Å². The summed E-state index contributed by atoms with van der Waals surface area (Å²) in [6.45, 7) is 4.51. The standard InChI is InChI=1S/C15H19NO5/c1-3-4-11(2)10-21-14-7-5-12(6-8-15(17)18)9-13(14)16(19)20/h5-9,11H,3-4,10H2,1-2H3,(H,17,18). The maximum Gasteiger partial charge on any atom is 0.328 e. The fourth-order valence-electron chi connectivity index (χ4n) is 1.88. The van der Waals surface area contributed by atoms with Gasteiger partial charge in [0.2, 0.25) is 0 Å². The van der Waals surface area contributed by atoms with Crippen LogP contribution >= 0.6 is 0 Å². The quantitative estimate of drug-likeness (QED) is 0.450. The Balaban J connectivity index is 2.89. The molecule has 0 saturated carbocycles. The Hall–Kier alpha value is -2.37. The van der Waals surface area contributed by atoms with Crippen molar-refractivity contribution >= 4 is 17.7 Å². The van der Waals surface area contributed by atoms with Gasteiger partial charge in [0, 0.05) is 12.1 Å². The Morgan fingerprint density at radius 3 is 2.81 bits per heavy atom. The van der Waals surface area contributed by atoms with Gasteiger partial charge >= 0.3 is 11.7 Å². The predicted octanol–water partition coefficient (Wildman–Crippen LogP) is 3.51. The molecule has 0 spiro atoms. The number of carboxylic acids is 1. The zero-order valence-corrected chi connectivity index (χ0v) is 12.1. The molecule has 21 heavy (non-hydrogen) atoms. The molecule has 0 aliphatic heterocycles. The van der Waals surface area contributed by atoms with Crippen LogP contribution in [0.4, 0.5) is 5.69 Å². The predicted molar refractivity (Wildman–Crippen MR) is 79.3 cm³/mol. The van der Waals surface area contributed by atoms with Crippen LogP contribution in [0.3, 0.4) is 0 Å². The van der Waals surface area contributed by atoms with Crippen molar-refractivity contribution in [1.82, 2.24) is 0 Å². The van der Waals surface area contributed by atoms with E-state index >= 15 is 0 Å². The lowest BCUT2D eigenvalue weighted by molar-refractivity contribution is -0.385.